The summed E-state index contributed by atoms with van der Waals surface area (Å²) in [5, 5.41) is 1.21. The highest BCUT2D eigenvalue weighted by molar-refractivity contribution is 6.10. The molecular formula is C31H21N3. The van der Waals surface area contributed by atoms with E-state index in [-0.39, 0.29) is 0 Å². The zero-order chi connectivity index (χ0) is 22.5. The average Bonchev–Trinajstić information content (AvgIpc) is 3.44. The van der Waals surface area contributed by atoms with Crippen molar-refractivity contribution < 1.29 is 0 Å². The van der Waals surface area contributed by atoms with Crippen LogP contribution < -0.4 is 0 Å². The van der Waals surface area contributed by atoms with Crippen molar-refractivity contribution in [1.29, 1.82) is 0 Å². The topological polar surface area (TPSA) is 22.2 Å². The monoisotopic (exact) mass is 435 g/mol. The number of rotatable bonds is 3. The lowest BCUT2D eigenvalue weighted by Crippen LogP contribution is -1.97. The van der Waals surface area contributed by atoms with Crippen LogP contribution in [-0.2, 0) is 0 Å². The summed E-state index contributed by atoms with van der Waals surface area (Å²) in [6.07, 6.45) is 2.09. The summed E-state index contributed by atoms with van der Waals surface area (Å²) in [5.41, 5.74) is 10.2. The third kappa shape index (κ3) is 2.81. The van der Waals surface area contributed by atoms with Crippen LogP contribution in [0.15, 0.2) is 128 Å². The van der Waals surface area contributed by atoms with Gasteiger partial charge in [-0.25, -0.2) is 4.98 Å². The highest BCUT2D eigenvalue weighted by Gasteiger charge is 2.22. The molecule has 7 aromatic rings. The number of imidazole rings is 1. The second-order valence-electron chi connectivity index (χ2n) is 8.53. The van der Waals surface area contributed by atoms with Crippen molar-refractivity contribution in [2.45, 2.75) is 0 Å². The molecule has 0 saturated carbocycles. The largest absolute Gasteiger partial charge is 0.309 e. The minimum Gasteiger partial charge on any atom is -0.309 e. The van der Waals surface area contributed by atoms with E-state index in [9.17, 15) is 0 Å². The predicted octanol–water partition coefficient (Wildman–Crippen LogP) is 7.77. The van der Waals surface area contributed by atoms with E-state index in [1.807, 2.05) is 6.07 Å². The van der Waals surface area contributed by atoms with Gasteiger partial charge in [0.05, 0.1) is 22.2 Å². The molecule has 3 heteroatoms. The van der Waals surface area contributed by atoms with E-state index in [1.54, 1.807) is 0 Å². The normalized spacial score (nSPS) is 11.5. The number of pyridine rings is 1. The van der Waals surface area contributed by atoms with E-state index in [2.05, 4.69) is 130 Å². The Hall–Kier alpha value is -4.63. The van der Waals surface area contributed by atoms with Gasteiger partial charge in [-0.1, -0.05) is 84.9 Å². The molecule has 0 aliphatic rings. The minimum absolute atomic E-state index is 0.959. The van der Waals surface area contributed by atoms with Crippen molar-refractivity contribution in [2.24, 2.45) is 0 Å². The standard InChI is InChI=1S/C31H21N3/c1-4-12-22(13-5-1)30-25-20-28-26(32-29-18-10-11-19-33(28)29)21-27(25)34(24-16-8-3-9-17-24)31(30)23-14-6-2-7-15-23/h1-21H. The Morgan fingerprint density at radius 1 is 0.559 bits per heavy atom. The van der Waals surface area contributed by atoms with Crippen molar-refractivity contribution >= 4 is 27.6 Å². The third-order valence-electron chi connectivity index (χ3n) is 6.52. The van der Waals surface area contributed by atoms with Crippen LogP contribution in [0.3, 0.4) is 0 Å². The van der Waals surface area contributed by atoms with Crippen LogP contribution in [0.1, 0.15) is 0 Å². The van der Waals surface area contributed by atoms with Gasteiger partial charge in [-0.05, 0) is 47.5 Å². The Morgan fingerprint density at radius 2 is 1.21 bits per heavy atom. The summed E-state index contributed by atoms with van der Waals surface area (Å²) < 4.78 is 4.56. The smallest absolute Gasteiger partial charge is 0.137 e. The van der Waals surface area contributed by atoms with Crippen LogP contribution >= 0.6 is 0 Å². The Morgan fingerprint density at radius 3 is 1.94 bits per heavy atom. The lowest BCUT2D eigenvalue weighted by atomic mass is 9.98. The average molecular weight is 436 g/mol. The van der Waals surface area contributed by atoms with Crippen LogP contribution in [-0.4, -0.2) is 14.0 Å². The van der Waals surface area contributed by atoms with Gasteiger partial charge in [0.2, 0.25) is 0 Å². The fourth-order valence-corrected chi connectivity index (χ4v) is 5.06. The van der Waals surface area contributed by atoms with Gasteiger partial charge < -0.3 is 4.57 Å². The molecule has 0 fully saturated rings. The summed E-state index contributed by atoms with van der Waals surface area (Å²) in [7, 11) is 0. The van der Waals surface area contributed by atoms with Crippen LogP contribution in [0.5, 0.6) is 0 Å². The Labute approximate surface area is 197 Å². The maximum Gasteiger partial charge on any atom is 0.137 e. The first kappa shape index (κ1) is 18.9. The number of nitrogens with zero attached hydrogens (tertiary/aromatic N) is 3. The zero-order valence-corrected chi connectivity index (χ0v) is 18.5. The first-order chi connectivity index (χ1) is 16.9. The van der Waals surface area contributed by atoms with Gasteiger partial charge in [-0.3, -0.25) is 4.40 Å². The summed E-state index contributed by atoms with van der Waals surface area (Å²) >= 11 is 0. The molecule has 3 nitrogen and oxygen atoms in total. The van der Waals surface area contributed by atoms with E-state index in [0.717, 1.165) is 27.9 Å². The maximum atomic E-state index is 4.93. The maximum absolute atomic E-state index is 4.93. The van der Waals surface area contributed by atoms with Crippen molar-refractivity contribution in [2.75, 3.05) is 0 Å². The Balaban J connectivity index is 1.71. The van der Waals surface area contributed by atoms with E-state index >= 15 is 0 Å². The highest BCUT2D eigenvalue weighted by atomic mass is 15.0. The van der Waals surface area contributed by atoms with Crippen molar-refractivity contribution in [1.82, 2.24) is 14.0 Å². The lowest BCUT2D eigenvalue weighted by Gasteiger charge is -2.13. The molecule has 0 spiro atoms. The number of aromatic nitrogens is 3. The van der Waals surface area contributed by atoms with Crippen LogP contribution in [0, 0.1) is 0 Å². The summed E-state index contributed by atoms with van der Waals surface area (Å²) in [6.45, 7) is 0. The predicted molar refractivity (Wildman–Crippen MR) is 140 cm³/mol. The molecule has 3 heterocycles. The molecular weight excluding hydrogens is 414 g/mol. The van der Waals surface area contributed by atoms with E-state index < -0.39 is 0 Å². The highest BCUT2D eigenvalue weighted by Crippen LogP contribution is 2.43. The van der Waals surface area contributed by atoms with Gasteiger partial charge in [0.1, 0.15) is 5.65 Å². The molecule has 34 heavy (non-hydrogen) atoms. The molecule has 4 aromatic carbocycles. The summed E-state index contributed by atoms with van der Waals surface area (Å²) in [5.74, 6) is 0. The zero-order valence-electron chi connectivity index (χ0n) is 18.5. The minimum atomic E-state index is 0.959. The molecule has 160 valence electrons. The van der Waals surface area contributed by atoms with Gasteiger partial charge in [0.25, 0.3) is 0 Å². The fraction of sp³-hybridized carbons (Fsp3) is 0. The van der Waals surface area contributed by atoms with Gasteiger partial charge in [0.15, 0.2) is 0 Å². The Kier molecular flexibility index (Phi) is 4.15. The van der Waals surface area contributed by atoms with Crippen molar-refractivity contribution in [3.05, 3.63) is 128 Å². The van der Waals surface area contributed by atoms with E-state index in [0.29, 0.717) is 0 Å². The SMILES string of the molecule is c1ccc(-c2c(-c3ccccc3)n(-c3ccccc3)c3cc4nc5ccccn5c4cc23)cc1. The molecule has 0 N–H and O–H groups in total. The first-order valence-electron chi connectivity index (χ1n) is 11.5. The molecule has 7 rings (SSSR count). The molecule has 0 radical (unpaired) electrons. The lowest BCUT2D eigenvalue weighted by molar-refractivity contribution is 1.14. The number of hydrogen-bond acceptors (Lipinski definition) is 1. The quantitative estimate of drug-likeness (QED) is 0.278. The molecule has 3 aromatic heterocycles. The first-order valence-corrected chi connectivity index (χ1v) is 11.5. The van der Waals surface area contributed by atoms with Crippen molar-refractivity contribution in [3.63, 3.8) is 0 Å². The number of para-hydroxylation sites is 1. The van der Waals surface area contributed by atoms with E-state index in [4.69, 9.17) is 4.98 Å². The Bertz CT molecular complexity index is 1780. The molecule has 0 aliphatic carbocycles. The number of hydrogen-bond donors (Lipinski definition) is 0. The summed E-state index contributed by atoms with van der Waals surface area (Å²) in [6, 6.07) is 42.7. The van der Waals surface area contributed by atoms with Crippen LogP contribution in [0.2, 0.25) is 0 Å². The van der Waals surface area contributed by atoms with Crippen LogP contribution in [0.4, 0.5) is 0 Å². The fourth-order valence-electron chi connectivity index (χ4n) is 5.06. The van der Waals surface area contributed by atoms with Crippen LogP contribution in [0.25, 0.3) is 55.7 Å². The number of benzene rings is 4. The van der Waals surface area contributed by atoms with Crippen molar-refractivity contribution in [3.8, 4) is 28.1 Å². The molecule has 0 aliphatic heterocycles. The second kappa shape index (κ2) is 7.46. The van der Waals surface area contributed by atoms with Gasteiger partial charge >= 0.3 is 0 Å². The molecule has 0 atom stereocenters. The molecule has 0 amide bonds. The van der Waals surface area contributed by atoms with Gasteiger partial charge in [-0.15, -0.1) is 0 Å². The van der Waals surface area contributed by atoms with E-state index in [1.165, 1.54) is 27.8 Å². The third-order valence-corrected chi connectivity index (χ3v) is 6.52. The van der Waals surface area contributed by atoms with Gasteiger partial charge in [0, 0.05) is 22.8 Å². The molecule has 0 unspecified atom stereocenters. The second-order valence-corrected chi connectivity index (χ2v) is 8.53. The van der Waals surface area contributed by atoms with Gasteiger partial charge in [-0.2, -0.15) is 0 Å². The molecule has 0 saturated heterocycles. The number of fused-ring (bicyclic) bond motifs is 4. The summed E-state index contributed by atoms with van der Waals surface area (Å²) in [4.78, 5) is 4.93. The molecule has 0 bridgehead atoms.